The van der Waals surface area contributed by atoms with Crippen LogP contribution in [0.15, 0.2) is 36.5 Å². The fourth-order valence-corrected chi connectivity index (χ4v) is 12.7. The zero-order chi connectivity index (χ0) is 63.5. The Morgan fingerprint density at radius 3 is 0.807 bits per heavy atom. The lowest BCUT2D eigenvalue weighted by atomic mass is 10.0. The van der Waals surface area contributed by atoms with E-state index in [4.69, 9.17) is 4.74 Å². The van der Waals surface area contributed by atoms with Gasteiger partial charge >= 0.3 is 5.97 Å². The van der Waals surface area contributed by atoms with Gasteiger partial charge in [0.1, 0.15) is 0 Å². The molecule has 2 atom stereocenters. The minimum Gasteiger partial charge on any atom is -0.466 e. The second-order valence-electron chi connectivity index (χ2n) is 27.7. The number of aliphatic hydroxyl groups excluding tert-OH is 2. The molecule has 0 saturated heterocycles. The van der Waals surface area contributed by atoms with Gasteiger partial charge in [0.2, 0.25) is 5.91 Å². The number of esters is 1. The van der Waals surface area contributed by atoms with Gasteiger partial charge in [0, 0.05) is 12.8 Å². The van der Waals surface area contributed by atoms with Crippen LogP contribution in [0.1, 0.15) is 450 Å². The lowest BCUT2D eigenvalue weighted by Gasteiger charge is -2.20. The van der Waals surface area contributed by atoms with Gasteiger partial charge in [-0.2, -0.15) is 0 Å². The van der Waals surface area contributed by atoms with Gasteiger partial charge in [0.25, 0.3) is 0 Å². The van der Waals surface area contributed by atoms with Gasteiger partial charge in [-0.25, -0.2) is 0 Å². The van der Waals surface area contributed by atoms with Crippen LogP contribution in [-0.2, 0) is 14.3 Å². The first-order valence-electron chi connectivity index (χ1n) is 40.3. The first-order chi connectivity index (χ1) is 43.5. The number of unbranched alkanes of at least 4 members (excludes halogenated alkanes) is 61. The maximum Gasteiger partial charge on any atom is 0.305 e. The summed E-state index contributed by atoms with van der Waals surface area (Å²) in [6.07, 6.45) is 101. The molecule has 0 saturated carbocycles. The van der Waals surface area contributed by atoms with Crippen LogP contribution >= 0.6 is 0 Å². The van der Waals surface area contributed by atoms with Crippen molar-refractivity contribution in [2.45, 2.75) is 463 Å². The zero-order valence-corrected chi connectivity index (χ0v) is 59.7. The number of allylic oxidation sites excluding steroid dienone is 5. The van der Waals surface area contributed by atoms with Crippen molar-refractivity contribution in [1.82, 2.24) is 5.32 Å². The molecular formula is C82H157NO5. The Kier molecular flexibility index (Phi) is 75.8. The molecule has 3 N–H and O–H groups in total. The topological polar surface area (TPSA) is 95.9 Å². The van der Waals surface area contributed by atoms with E-state index in [1.807, 2.05) is 6.08 Å². The molecule has 0 aromatic heterocycles. The van der Waals surface area contributed by atoms with E-state index in [-0.39, 0.29) is 18.5 Å². The van der Waals surface area contributed by atoms with Gasteiger partial charge in [0.05, 0.1) is 25.4 Å². The van der Waals surface area contributed by atoms with Crippen molar-refractivity contribution < 1.29 is 24.5 Å². The molecular weight excluding hydrogens is 1080 g/mol. The molecule has 0 aliphatic rings. The fraction of sp³-hybridized carbons (Fsp3) is 0.902. The number of hydrogen-bond acceptors (Lipinski definition) is 5. The summed E-state index contributed by atoms with van der Waals surface area (Å²) in [6, 6.07) is -0.626. The summed E-state index contributed by atoms with van der Waals surface area (Å²) >= 11 is 0. The monoisotopic (exact) mass is 1240 g/mol. The second kappa shape index (κ2) is 77.5. The van der Waals surface area contributed by atoms with E-state index < -0.39 is 12.1 Å². The highest BCUT2D eigenvalue weighted by atomic mass is 16.5. The van der Waals surface area contributed by atoms with Crippen LogP contribution in [0.4, 0.5) is 0 Å². The van der Waals surface area contributed by atoms with Crippen LogP contribution in [-0.4, -0.2) is 47.4 Å². The summed E-state index contributed by atoms with van der Waals surface area (Å²) < 4.78 is 5.51. The molecule has 0 aromatic rings. The molecule has 88 heavy (non-hydrogen) atoms. The molecule has 0 aromatic carbocycles. The van der Waals surface area contributed by atoms with Crippen LogP contribution < -0.4 is 5.32 Å². The van der Waals surface area contributed by atoms with Gasteiger partial charge in [-0.1, -0.05) is 391 Å². The van der Waals surface area contributed by atoms with Gasteiger partial charge in [-0.3, -0.25) is 9.59 Å². The molecule has 2 unspecified atom stereocenters. The van der Waals surface area contributed by atoms with Crippen LogP contribution in [0.25, 0.3) is 0 Å². The Labute approximate surface area is 551 Å². The molecule has 6 heteroatoms. The Morgan fingerprint density at radius 2 is 0.534 bits per heavy atom. The number of hydrogen-bond donors (Lipinski definition) is 3. The normalized spacial score (nSPS) is 12.6. The maximum absolute atomic E-state index is 12.5. The molecule has 0 spiro atoms. The van der Waals surface area contributed by atoms with Crippen LogP contribution in [0.5, 0.6) is 0 Å². The highest BCUT2D eigenvalue weighted by Gasteiger charge is 2.18. The Bertz CT molecular complexity index is 1430. The predicted octanol–water partition coefficient (Wildman–Crippen LogP) is 26.6. The fourth-order valence-electron chi connectivity index (χ4n) is 12.7. The van der Waals surface area contributed by atoms with Crippen molar-refractivity contribution in [3.8, 4) is 0 Å². The Balaban J connectivity index is 3.35. The van der Waals surface area contributed by atoms with E-state index in [0.717, 1.165) is 44.9 Å². The lowest BCUT2D eigenvalue weighted by molar-refractivity contribution is -0.143. The van der Waals surface area contributed by atoms with Crippen molar-refractivity contribution in [3.05, 3.63) is 36.5 Å². The average Bonchev–Trinajstić information content (AvgIpc) is 3.58. The number of nitrogens with one attached hydrogen (secondary N) is 1. The van der Waals surface area contributed by atoms with E-state index in [9.17, 15) is 19.8 Å². The predicted molar refractivity (Wildman–Crippen MR) is 389 cm³/mol. The summed E-state index contributed by atoms with van der Waals surface area (Å²) in [4.78, 5) is 24.6. The summed E-state index contributed by atoms with van der Waals surface area (Å²) in [5.74, 6) is -0.0427. The van der Waals surface area contributed by atoms with Gasteiger partial charge in [0.15, 0.2) is 0 Å². The number of aliphatic hydroxyl groups is 2. The first kappa shape index (κ1) is 86.1. The molecule has 0 rings (SSSR count). The quantitative estimate of drug-likeness (QED) is 0.0320. The molecule has 1 amide bonds. The van der Waals surface area contributed by atoms with E-state index in [1.54, 1.807) is 6.08 Å². The van der Waals surface area contributed by atoms with Gasteiger partial charge < -0.3 is 20.3 Å². The molecule has 0 radical (unpaired) electrons. The summed E-state index contributed by atoms with van der Waals surface area (Å²) in [7, 11) is 0. The van der Waals surface area contributed by atoms with Crippen LogP contribution in [0, 0.1) is 0 Å². The van der Waals surface area contributed by atoms with Crippen molar-refractivity contribution in [3.63, 3.8) is 0 Å². The number of carbonyl (C=O) groups excluding carboxylic acids is 2. The third kappa shape index (κ3) is 73.1. The summed E-state index contributed by atoms with van der Waals surface area (Å²) in [5, 5.41) is 23.2. The number of ether oxygens (including phenoxy) is 1. The lowest BCUT2D eigenvalue weighted by Crippen LogP contribution is -2.45. The standard InChI is InChI=1S/C82H157NO5/c1-3-5-7-9-11-13-15-17-19-21-42-46-50-54-58-62-66-70-74-80(85)79(78-84)83-81(86)75-71-67-63-59-55-51-47-43-40-38-36-34-32-30-28-26-24-23-25-27-29-31-33-35-37-39-41-45-49-53-57-61-65-69-73-77-88-82(87)76-72-68-64-60-56-52-48-44-22-20-18-16-14-12-10-8-6-4-2/h20,22,25,27,70,74,79-80,84-85H,3-19,21,23-24,26,28-69,71-73,75-78H2,1-2H3,(H,83,86)/b22-20-,27-25-,74-70+. The zero-order valence-electron chi connectivity index (χ0n) is 59.7. The SMILES string of the molecule is CCCCCCCCC/C=C\CCCCCCCCCC(=O)OCCCCCCCCCCCCCCCC/C=C\CCCCCCCCCCCCCCCCCCCC(=O)NC(CO)C(O)/C=C/CCCCCCCCCCCCCCCCCC. The van der Waals surface area contributed by atoms with E-state index >= 15 is 0 Å². The average molecular weight is 1240 g/mol. The third-order valence-electron chi connectivity index (χ3n) is 18.9. The summed E-state index contributed by atoms with van der Waals surface area (Å²) in [6.45, 7) is 4.95. The summed E-state index contributed by atoms with van der Waals surface area (Å²) in [5.41, 5.74) is 0. The molecule has 0 fully saturated rings. The van der Waals surface area contributed by atoms with E-state index in [2.05, 4.69) is 43.5 Å². The minimum atomic E-state index is -0.843. The number of rotatable bonds is 76. The van der Waals surface area contributed by atoms with E-state index in [0.29, 0.717) is 19.4 Å². The van der Waals surface area contributed by atoms with Crippen LogP contribution in [0.2, 0.25) is 0 Å². The number of carbonyl (C=O) groups is 2. The smallest absolute Gasteiger partial charge is 0.305 e. The van der Waals surface area contributed by atoms with E-state index in [1.165, 1.54) is 379 Å². The van der Waals surface area contributed by atoms with Gasteiger partial charge in [-0.15, -0.1) is 0 Å². The van der Waals surface area contributed by atoms with Crippen LogP contribution in [0.3, 0.4) is 0 Å². The second-order valence-corrected chi connectivity index (χ2v) is 27.7. The molecule has 520 valence electrons. The first-order valence-corrected chi connectivity index (χ1v) is 40.3. The van der Waals surface area contributed by atoms with Crippen molar-refractivity contribution in [2.24, 2.45) is 0 Å². The van der Waals surface area contributed by atoms with Crippen molar-refractivity contribution in [1.29, 1.82) is 0 Å². The Morgan fingerprint density at radius 1 is 0.307 bits per heavy atom. The largest absolute Gasteiger partial charge is 0.466 e. The molecule has 6 nitrogen and oxygen atoms in total. The maximum atomic E-state index is 12.5. The molecule has 0 aliphatic carbocycles. The molecule has 0 aliphatic heterocycles. The molecule has 0 bridgehead atoms. The molecule has 0 heterocycles. The highest BCUT2D eigenvalue weighted by molar-refractivity contribution is 5.76. The third-order valence-corrected chi connectivity index (χ3v) is 18.9. The van der Waals surface area contributed by atoms with Crippen molar-refractivity contribution >= 4 is 11.9 Å². The van der Waals surface area contributed by atoms with Gasteiger partial charge in [-0.05, 0) is 83.5 Å². The Hall–Kier alpha value is -1.92. The highest BCUT2D eigenvalue weighted by Crippen LogP contribution is 2.20. The van der Waals surface area contributed by atoms with Crippen molar-refractivity contribution in [2.75, 3.05) is 13.2 Å². The minimum absolute atomic E-state index is 0.0179. The number of amides is 1.